The van der Waals surface area contributed by atoms with Crippen molar-refractivity contribution < 1.29 is 9.53 Å². The van der Waals surface area contributed by atoms with E-state index in [-0.39, 0.29) is 12.4 Å². The third-order valence-corrected chi connectivity index (χ3v) is 6.07. The number of carbonyl (C=O) groups excluding carboxylic acids is 1. The number of amides is 1. The summed E-state index contributed by atoms with van der Waals surface area (Å²) in [5.41, 5.74) is 1.33. The van der Waals surface area contributed by atoms with Gasteiger partial charge in [-0.2, -0.15) is 0 Å². The molecule has 2 heterocycles. The van der Waals surface area contributed by atoms with Gasteiger partial charge < -0.3 is 15.0 Å². The molecule has 1 atom stereocenters. The number of rotatable bonds is 7. The van der Waals surface area contributed by atoms with E-state index >= 15 is 0 Å². The van der Waals surface area contributed by atoms with Crippen molar-refractivity contribution in [1.82, 2.24) is 10.2 Å². The van der Waals surface area contributed by atoms with Crippen LogP contribution in [0.5, 0.6) is 0 Å². The second kappa shape index (κ2) is 11.7. The minimum atomic E-state index is 0. The Morgan fingerprint density at radius 3 is 2.48 bits per heavy atom. The van der Waals surface area contributed by atoms with Crippen molar-refractivity contribution in [1.29, 1.82) is 0 Å². The fourth-order valence-electron chi connectivity index (χ4n) is 4.24. The van der Waals surface area contributed by atoms with E-state index in [1.165, 1.54) is 18.4 Å². The van der Waals surface area contributed by atoms with Gasteiger partial charge in [0.05, 0.1) is 12.7 Å². The van der Waals surface area contributed by atoms with Gasteiger partial charge in [0.1, 0.15) is 0 Å². The zero-order chi connectivity index (χ0) is 18.2. The lowest BCUT2D eigenvalue weighted by Crippen LogP contribution is -2.42. The average Bonchev–Trinajstić information content (AvgIpc) is 2.70. The highest BCUT2D eigenvalue weighted by Gasteiger charge is 2.27. The number of halogens is 1. The molecule has 2 aliphatic rings. The molecule has 5 heteroatoms. The van der Waals surface area contributed by atoms with Gasteiger partial charge in [-0.3, -0.25) is 4.79 Å². The monoisotopic (exact) mass is 394 g/mol. The van der Waals surface area contributed by atoms with Gasteiger partial charge in [0, 0.05) is 19.5 Å². The van der Waals surface area contributed by atoms with Gasteiger partial charge in [-0.25, -0.2) is 0 Å². The fourth-order valence-corrected chi connectivity index (χ4v) is 4.24. The van der Waals surface area contributed by atoms with Crippen LogP contribution in [0.15, 0.2) is 30.3 Å². The first kappa shape index (κ1) is 22.2. The van der Waals surface area contributed by atoms with Crippen molar-refractivity contribution in [3.63, 3.8) is 0 Å². The summed E-state index contributed by atoms with van der Waals surface area (Å²) in [4.78, 5) is 14.7. The largest absolute Gasteiger partial charge is 0.378 e. The standard InChI is InChI=1S/C22H34N2O2.ClH/c1-18(20-7-12-23-13-8-20)17-22(25)24-14-9-21(10-15-24)26-16-11-19-5-3-2-4-6-19;/h2-6,18,20-21,23H,7-17H2,1H3;1H. The summed E-state index contributed by atoms with van der Waals surface area (Å²) >= 11 is 0. The van der Waals surface area contributed by atoms with Crippen molar-refractivity contribution >= 4 is 18.3 Å². The van der Waals surface area contributed by atoms with Crippen molar-refractivity contribution in [3.05, 3.63) is 35.9 Å². The maximum Gasteiger partial charge on any atom is 0.222 e. The first-order valence-corrected chi connectivity index (χ1v) is 10.4. The molecule has 1 aromatic rings. The topological polar surface area (TPSA) is 41.6 Å². The summed E-state index contributed by atoms with van der Waals surface area (Å²) in [5, 5.41) is 3.41. The number of piperidine rings is 2. The van der Waals surface area contributed by atoms with E-state index < -0.39 is 0 Å². The third-order valence-electron chi connectivity index (χ3n) is 6.07. The number of ether oxygens (including phenoxy) is 1. The first-order valence-electron chi connectivity index (χ1n) is 10.4. The Balaban J connectivity index is 0.00000261. The smallest absolute Gasteiger partial charge is 0.222 e. The van der Waals surface area contributed by atoms with Gasteiger partial charge in [0.15, 0.2) is 0 Å². The lowest BCUT2D eigenvalue weighted by atomic mass is 9.84. The number of carbonyl (C=O) groups is 1. The van der Waals surface area contributed by atoms with Crippen LogP contribution in [0.4, 0.5) is 0 Å². The van der Waals surface area contributed by atoms with Crippen LogP contribution < -0.4 is 5.32 Å². The van der Waals surface area contributed by atoms with Gasteiger partial charge in [-0.1, -0.05) is 37.3 Å². The van der Waals surface area contributed by atoms with Crippen molar-refractivity contribution in [2.45, 2.75) is 51.6 Å². The Hall–Kier alpha value is -1.10. The van der Waals surface area contributed by atoms with Crippen LogP contribution in [0.25, 0.3) is 0 Å². The Kier molecular flexibility index (Phi) is 9.60. The summed E-state index contributed by atoms with van der Waals surface area (Å²) in [6, 6.07) is 10.5. The van der Waals surface area contributed by atoms with E-state index in [0.29, 0.717) is 30.3 Å². The molecule has 0 aromatic heterocycles. The van der Waals surface area contributed by atoms with Crippen molar-refractivity contribution in [2.75, 3.05) is 32.8 Å². The molecule has 2 saturated heterocycles. The zero-order valence-electron chi connectivity index (χ0n) is 16.6. The van der Waals surface area contributed by atoms with E-state index in [1.807, 2.05) is 6.07 Å². The molecule has 2 aliphatic heterocycles. The van der Waals surface area contributed by atoms with Crippen LogP contribution in [0.3, 0.4) is 0 Å². The van der Waals surface area contributed by atoms with Crippen molar-refractivity contribution in [2.24, 2.45) is 11.8 Å². The van der Waals surface area contributed by atoms with E-state index in [1.54, 1.807) is 0 Å². The Morgan fingerprint density at radius 1 is 1.15 bits per heavy atom. The van der Waals surface area contributed by atoms with Crippen LogP contribution in [-0.2, 0) is 16.0 Å². The van der Waals surface area contributed by atoms with Crippen LogP contribution in [0.1, 0.15) is 44.6 Å². The third kappa shape index (κ3) is 7.10. The number of benzene rings is 1. The highest BCUT2D eigenvalue weighted by atomic mass is 35.5. The van der Waals surface area contributed by atoms with E-state index in [2.05, 4.69) is 41.4 Å². The Bertz CT molecular complexity index is 541. The fraction of sp³-hybridized carbons (Fsp3) is 0.682. The number of nitrogens with zero attached hydrogens (tertiary/aromatic N) is 1. The van der Waals surface area contributed by atoms with Gasteiger partial charge in [-0.15, -0.1) is 12.4 Å². The lowest BCUT2D eigenvalue weighted by Gasteiger charge is -2.34. The molecule has 0 radical (unpaired) electrons. The molecule has 152 valence electrons. The molecule has 4 nitrogen and oxygen atoms in total. The Morgan fingerprint density at radius 2 is 1.81 bits per heavy atom. The van der Waals surface area contributed by atoms with Crippen LogP contribution >= 0.6 is 12.4 Å². The minimum Gasteiger partial charge on any atom is -0.378 e. The molecule has 1 N–H and O–H groups in total. The average molecular weight is 395 g/mol. The quantitative estimate of drug-likeness (QED) is 0.766. The van der Waals surface area contributed by atoms with Crippen molar-refractivity contribution in [3.8, 4) is 0 Å². The highest BCUT2D eigenvalue weighted by Crippen LogP contribution is 2.25. The van der Waals surface area contributed by atoms with Crippen LogP contribution in [0, 0.1) is 11.8 Å². The van der Waals surface area contributed by atoms with E-state index in [0.717, 1.165) is 52.0 Å². The molecule has 0 saturated carbocycles. The normalized spacial score (nSPS) is 20.1. The van der Waals surface area contributed by atoms with Gasteiger partial charge >= 0.3 is 0 Å². The number of hydrogen-bond donors (Lipinski definition) is 1. The van der Waals surface area contributed by atoms with Gasteiger partial charge in [0.2, 0.25) is 5.91 Å². The molecule has 0 aliphatic carbocycles. The highest BCUT2D eigenvalue weighted by molar-refractivity contribution is 5.85. The SMILES string of the molecule is CC(CC(=O)N1CCC(OCCc2ccccc2)CC1)C1CCNCC1.Cl. The number of hydrogen-bond acceptors (Lipinski definition) is 3. The predicted octanol–water partition coefficient (Wildman–Crippen LogP) is 3.68. The second-order valence-corrected chi connectivity index (χ2v) is 7.96. The minimum absolute atomic E-state index is 0. The molecule has 3 rings (SSSR count). The lowest BCUT2D eigenvalue weighted by molar-refractivity contribution is -0.135. The molecule has 0 spiro atoms. The second-order valence-electron chi connectivity index (χ2n) is 7.96. The molecular formula is C22H35ClN2O2. The molecule has 1 amide bonds. The summed E-state index contributed by atoms with van der Waals surface area (Å²) < 4.78 is 6.05. The maximum absolute atomic E-state index is 12.6. The summed E-state index contributed by atoms with van der Waals surface area (Å²) in [7, 11) is 0. The molecule has 27 heavy (non-hydrogen) atoms. The van der Waals surface area contributed by atoms with Crippen LogP contribution in [-0.4, -0.2) is 49.7 Å². The Labute approximate surface area is 170 Å². The van der Waals surface area contributed by atoms with Crippen LogP contribution in [0.2, 0.25) is 0 Å². The maximum atomic E-state index is 12.6. The summed E-state index contributed by atoms with van der Waals surface area (Å²) in [5.74, 6) is 1.56. The molecule has 2 fully saturated rings. The number of likely N-dealkylation sites (tertiary alicyclic amines) is 1. The molecule has 0 bridgehead atoms. The van der Waals surface area contributed by atoms with E-state index in [4.69, 9.17) is 4.74 Å². The molecule has 1 aromatic carbocycles. The first-order chi connectivity index (χ1) is 12.7. The predicted molar refractivity (Wildman–Crippen MR) is 112 cm³/mol. The summed E-state index contributed by atoms with van der Waals surface area (Å²) in [6.45, 7) is 6.95. The van der Waals surface area contributed by atoms with Gasteiger partial charge in [0.25, 0.3) is 0 Å². The van der Waals surface area contributed by atoms with E-state index in [9.17, 15) is 4.79 Å². The van der Waals surface area contributed by atoms with Gasteiger partial charge in [-0.05, 0) is 62.6 Å². The summed E-state index contributed by atoms with van der Waals surface area (Å²) in [6.07, 6.45) is 6.37. The molecular weight excluding hydrogens is 360 g/mol. The zero-order valence-corrected chi connectivity index (χ0v) is 17.4. The molecule has 1 unspecified atom stereocenters. The number of nitrogens with one attached hydrogen (secondary N) is 1.